The molecule has 0 radical (unpaired) electrons. The van der Waals surface area contributed by atoms with Crippen LogP contribution in [0.25, 0.3) is 0 Å². The van der Waals surface area contributed by atoms with E-state index in [1.807, 2.05) is 31.2 Å². The van der Waals surface area contributed by atoms with Crippen molar-refractivity contribution in [2.24, 2.45) is 0 Å². The van der Waals surface area contributed by atoms with E-state index in [0.717, 1.165) is 16.3 Å². The molecule has 0 saturated carbocycles. The average molecular weight is 453 g/mol. The Morgan fingerprint density at radius 2 is 1.59 bits per heavy atom. The van der Waals surface area contributed by atoms with Crippen LogP contribution in [-0.4, -0.2) is 28.0 Å². The zero-order valence-corrected chi connectivity index (χ0v) is 19.3. The van der Waals surface area contributed by atoms with Crippen molar-refractivity contribution in [2.75, 3.05) is 18.0 Å². The summed E-state index contributed by atoms with van der Waals surface area (Å²) in [6, 6.07) is 22.5. The number of methoxy groups -OCH3 is 1. The lowest BCUT2D eigenvalue weighted by Crippen LogP contribution is -2.41. The van der Waals surface area contributed by atoms with Crippen LogP contribution in [0.4, 0.5) is 5.69 Å². The monoisotopic (exact) mass is 452 g/mol. The highest BCUT2D eigenvalue weighted by Crippen LogP contribution is 2.32. The van der Waals surface area contributed by atoms with Gasteiger partial charge in [-0.2, -0.15) is 0 Å². The largest absolute Gasteiger partial charge is 0.495 e. The quantitative estimate of drug-likeness (QED) is 0.524. The Labute approximate surface area is 189 Å². The van der Waals surface area contributed by atoms with E-state index >= 15 is 0 Å². The van der Waals surface area contributed by atoms with Crippen LogP contribution in [0.3, 0.4) is 0 Å². The lowest BCUT2D eigenvalue weighted by Gasteiger charge is -2.26. The fraction of sp³-hybridized carbons (Fsp3) is 0.240. The summed E-state index contributed by atoms with van der Waals surface area (Å²) in [6.07, 6.45) is 0.937. The van der Waals surface area contributed by atoms with Gasteiger partial charge in [-0.15, -0.1) is 0 Å². The Balaban J connectivity index is 1.89. The highest BCUT2D eigenvalue weighted by molar-refractivity contribution is 7.92. The van der Waals surface area contributed by atoms with E-state index in [-0.39, 0.29) is 17.5 Å². The maximum Gasteiger partial charge on any atom is 0.264 e. The van der Waals surface area contributed by atoms with E-state index < -0.39 is 15.9 Å². The Morgan fingerprint density at radius 3 is 2.22 bits per heavy atom. The molecule has 1 amide bonds. The predicted molar refractivity (Wildman–Crippen MR) is 126 cm³/mol. The van der Waals surface area contributed by atoms with E-state index in [1.54, 1.807) is 42.5 Å². The molecule has 0 aromatic heterocycles. The molecule has 3 aromatic carbocycles. The summed E-state index contributed by atoms with van der Waals surface area (Å²) in [6.45, 7) is 3.58. The van der Waals surface area contributed by atoms with Crippen LogP contribution in [0, 0.1) is 0 Å². The Hall–Kier alpha value is -3.32. The van der Waals surface area contributed by atoms with Crippen molar-refractivity contribution in [3.8, 4) is 5.75 Å². The number of aryl methyl sites for hydroxylation is 1. The van der Waals surface area contributed by atoms with Gasteiger partial charge in [0.2, 0.25) is 5.91 Å². The van der Waals surface area contributed by atoms with Gasteiger partial charge < -0.3 is 10.1 Å². The second-order valence-corrected chi connectivity index (χ2v) is 9.24. The molecule has 0 aliphatic heterocycles. The summed E-state index contributed by atoms with van der Waals surface area (Å²) in [5.74, 6) is -0.0505. The lowest BCUT2D eigenvalue weighted by atomic mass is 10.1. The van der Waals surface area contributed by atoms with Crippen LogP contribution >= 0.6 is 0 Å². The maximum atomic E-state index is 13.5. The van der Waals surface area contributed by atoms with E-state index in [9.17, 15) is 13.2 Å². The molecule has 0 fully saturated rings. The van der Waals surface area contributed by atoms with E-state index in [1.165, 1.54) is 24.8 Å². The van der Waals surface area contributed by atoms with Gasteiger partial charge >= 0.3 is 0 Å². The number of nitrogens with zero attached hydrogens (tertiary/aromatic N) is 1. The Kier molecular flexibility index (Phi) is 7.53. The molecule has 1 N–H and O–H groups in total. The molecule has 7 heteroatoms. The predicted octanol–water partition coefficient (Wildman–Crippen LogP) is 4.33. The van der Waals surface area contributed by atoms with Gasteiger partial charge in [0.1, 0.15) is 12.3 Å². The number of amides is 1. The Bertz CT molecular complexity index is 1150. The van der Waals surface area contributed by atoms with Crippen LogP contribution in [0.1, 0.15) is 31.0 Å². The number of carbonyl (C=O) groups excluding carboxylic acids is 1. The van der Waals surface area contributed by atoms with Gasteiger partial charge in [0, 0.05) is 0 Å². The minimum absolute atomic E-state index is 0.0990. The topological polar surface area (TPSA) is 75.7 Å². The van der Waals surface area contributed by atoms with Gasteiger partial charge in [-0.05, 0) is 48.7 Å². The van der Waals surface area contributed by atoms with Crippen molar-refractivity contribution in [3.05, 3.63) is 90.0 Å². The summed E-state index contributed by atoms with van der Waals surface area (Å²) in [5, 5.41) is 2.91. The van der Waals surface area contributed by atoms with Crippen LogP contribution in [-0.2, 0) is 21.2 Å². The number of ether oxygens (including phenoxy) is 1. The van der Waals surface area contributed by atoms with Crippen LogP contribution in [0.5, 0.6) is 5.75 Å². The van der Waals surface area contributed by atoms with Gasteiger partial charge in [-0.25, -0.2) is 8.42 Å². The van der Waals surface area contributed by atoms with Gasteiger partial charge in [0.05, 0.1) is 23.7 Å². The van der Waals surface area contributed by atoms with E-state index in [4.69, 9.17) is 4.74 Å². The second kappa shape index (κ2) is 10.3. The number of rotatable bonds is 9. The molecule has 168 valence electrons. The number of hydrogen-bond donors (Lipinski definition) is 1. The van der Waals surface area contributed by atoms with Crippen molar-refractivity contribution >= 4 is 21.6 Å². The van der Waals surface area contributed by atoms with Crippen molar-refractivity contribution in [1.29, 1.82) is 0 Å². The SMILES string of the molecule is CCc1ccc([C@H](C)NC(=O)CN(c2ccccc2OC)S(=O)(=O)c2ccccc2)cc1. The van der Waals surface area contributed by atoms with Crippen LogP contribution in [0.15, 0.2) is 83.8 Å². The third-order valence-electron chi connectivity index (χ3n) is 5.24. The zero-order valence-electron chi connectivity index (χ0n) is 18.5. The van der Waals surface area contributed by atoms with Crippen molar-refractivity contribution < 1.29 is 17.9 Å². The number of hydrogen-bond acceptors (Lipinski definition) is 4. The summed E-state index contributed by atoms with van der Waals surface area (Å²) in [5.41, 5.74) is 2.46. The first-order chi connectivity index (χ1) is 15.4. The molecule has 0 aliphatic carbocycles. The first-order valence-electron chi connectivity index (χ1n) is 10.5. The standard InChI is InChI=1S/C25H28N2O4S/c1-4-20-14-16-21(17-15-20)19(2)26-25(28)18-27(23-12-8-9-13-24(23)31-3)32(29,30)22-10-6-5-7-11-22/h5-17,19H,4,18H2,1-3H3,(H,26,28)/t19-/m0/s1. The van der Waals surface area contributed by atoms with E-state index in [0.29, 0.717) is 11.4 Å². The number of anilines is 1. The summed E-state index contributed by atoms with van der Waals surface area (Å²) < 4.78 is 33.4. The molecule has 1 atom stereocenters. The third kappa shape index (κ3) is 5.29. The smallest absolute Gasteiger partial charge is 0.264 e. The normalized spacial score (nSPS) is 12.1. The van der Waals surface area contributed by atoms with Gasteiger partial charge in [-0.3, -0.25) is 9.10 Å². The molecule has 32 heavy (non-hydrogen) atoms. The molecule has 0 spiro atoms. The summed E-state index contributed by atoms with van der Waals surface area (Å²) in [7, 11) is -2.53. The molecular weight excluding hydrogens is 424 g/mol. The number of carbonyl (C=O) groups is 1. The Morgan fingerprint density at radius 1 is 0.969 bits per heavy atom. The fourth-order valence-electron chi connectivity index (χ4n) is 3.40. The highest BCUT2D eigenvalue weighted by Gasteiger charge is 2.29. The van der Waals surface area contributed by atoms with Crippen LogP contribution in [0.2, 0.25) is 0 Å². The number of benzene rings is 3. The van der Waals surface area contributed by atoms with Crippen molar-refractivity contribution in [1.82, 2.24) is 5.32 Å². The molecule has 0 heterocycles. The molecular formula is C25H28N2O4S. The minimum atomic E-state index is -4.00. The number of para-hydroxylation sites is 2. The first-order valence-corrected chi connectivity index (χ1v) is 11.9. The minimum Gasteiger partial charge on any atom is -0.495 e. The number of nitrogens with one attached hydrogen (secondary N) is 1. The fourth-order valence-corrected chi connectivity index (χ4v) is 4.85. The van der Waals surface area contributed by atoms with Crippen LogP contribution < -0.4 is 14.4 Å². The molecule has 0 bridgehead atoms. The van der Waals surface area contributed by atoms with E-state index in [2.05, 4.69) is 12.2 Å². The third-order valence-corrected chi connectivity index (χ3v) is 7.01. The van der Waals surface area contributed by atoms with Crippen molar-refractivity contribution in [2.45, 2.75) is 31.2 Å². The lowest BCUT2D eigenvalue weighted by molar-refractivity contribution is -0.120. The number of sulfonamides is 1. The molecule has 0 aliphatic rings. The summed E-state index contributed by atoms with van der Waals surface area (Å²) >= 11 is 0. The van der Waals surface area contributed by atoms with Gasteiger partial charge in [0.15, 0.2) is 0 Å². The van der Waals surface area contributed by atoms with Gasteiger partial charge in [0.25, 0.3) is 10.0 Å². The molecule has 0 unspecified atom stereocenters. The molecule has 0 saturated heterocycles. The summed E-state index contributed by atoms with van der Waals surface area (Å²) in [4.78, 5) is 13.1. The molecule has 3 aromatic rings. The maximum absolute atomic E-state index is 13.5. The second-order valence-electron chi connectivity index (χ2n) is 7.38. The van der Waals surface area contributed by atoms with Crippen molar-refractivity contribution in [3.63, 3.8) is 0 Å². The van der Waals surface area contributed by atoms with Gasteiger partial charge in [-0.1, -0.05) is 61.5 Å². The first kappa shape index (κ1) is 23.3. The zero-order chi connectivity index (χ0) is 23.1. The highest BCUT2D eigenvalue weighted by atomic mass is 32.2. The molecule has 6 nitrogen and oxygen atoms in total. The average Bonchev–Trinajstić information content (AvgIpc) is 2.83. The molecule has 3 rings (SSSR count).